The molecule has 0 bridgehead atoms. The van der Waals surface area contributed by atoms with Gasteiger partial charge in [0.15, 0.2) is 0 Å². The Morgan fingerprint density at radius 1 is 1.21 bits per heavy atom. The van der Waals surface area contributed by atoms with E-state index in [2.05, 4.69) is 25.5 Å². The van der Waals surface area contributed by atoms with E-state index < -0.39 is 0 Å². The Kier molecular flexibility index (Phi) is 6.45. The average Bonchev–Trinajstić information content (AvgIpc) is 3.36. The van der Waals surface area contributed by atoms with Gasteiger partial charge in [0.05, 0.1) is 10.7 Å². The zero-order chi connectivity index (χ0) is 20.2. The summed E-state index contributed by atoms with van der Waals surface area (Å²) in [7, 11) is 0. The van der Waals surface area contributed by atoms with Crippen molar-refractivity contribution >= 4 is 22.9 Å². The molecule has 1 N–H and O–H groups in total. The Labute approximate surface area is 175 Å². The van der Waals surface area contributed by atoms with E-state index in [1.807, 2.05) is 19.1 Å². The molecule has 2 aliphatic heterocycles. The zero-order valence-corrected chi connectivity index (χ0v) is 17.8. The predicted molar refractivity (Wildman–Crippen MR) is 115 cm³/mol. The van der Waals surface area contributed by atoms with Crippen LogP contribution in [0.4, 0.5) is 10.1 Å². The van der Waals surface area contributed by atoms with Crippen molar-refractivity contribution in [3.8, 4) is 0 Å². The molecule has 5 nitrogen and oxygen atoms in total. The molecule has 1 aromatic carbocycles. The molecular weight excluding hydrogens is 387 g/mol. The first-order chi connectivity index (χ1) is 14.1. The van der Waals surface area contributed by atoms with Gasteiger partial charge in [-0.1, -0.05) is 0 Å². The van der Waals surface area contributed by atoms with Crippen molar-refractivity contribution in [1.29, 1.82) is 0 Å². The summed E-state index contributed by atoms with van der Waals surface area (Å²) in [5.41, 5.74) is 2.20. The van der Waals surface area contributed by atoms with E-state index in [-0.39, 0.29) is 17.6 Å². The van der Waals surface area contributed by atoms with Gasteiger partial charge in [0.2, 0.25) is 5.91 Å². The number of carbonyl (C=O) groups excluding carboxylic acids is 1. The largest absolute Gasteiger partial charge is 0.371 e. The van der Waals surface area contributed by atoms with Gasteiger partial charge in [-0.15, -0.1) is 11.3 Å². The van der Waals surface area contributed by atoms with Gasteiger partial charge >= 0.3 is 0 Å². The van der Waals surface area contributed by atoms with Crippen LogP contribution in [0.1, 0.15) is 30.0 Å². The van der Waals surface area contributed by atoms with Crippen LogP contribution < -0.4 is 10.2 Å². The number of carbonyl (C=O) groups is 1. The van der Waals surface area contributed by atoms with E-state index in [0.29, 0.717) is 5.92 Å². The highest BCUT2D eigenvalue weighted by Gasteiger charge is 2.27. The summed E-state index contributed by atoms with van der Waals surface area (Å²) in [6, 6.07) is 6.67. The third-order valence-corrected chi connectivity index (χ3v) is 6.88. The number of aromatic nitrogens is 1. The van der Waals surface area contributed by atoms with E-state index in [9.17, 15) is 9.18 Å². The highest BCUT2D eigenvalue weighted by Crippen LogP contribution is 2.24. The highest BCUT2D eigenvalue weighted by atomic mass is 32.1. The van der Waals surface area contributed by atoms with Crippen molar-refractivity contribution in [2.45, 2.75) is 32.7 Å². The van der Waals surface area contributed by atoms with E-state index in [1.165, 1.54) is 12.1 Å². The molecule has 3 heterocycles. The molecule has 0 saturated carbocycles. The minimum atomic E-state index is -0.204. The molecule has 156 valence electrons. The number of halogens is 1. The number of benzene rings is 1. The lowest BCUT2D eigenvalue weighted by molar-refractivity contribution is -0.126. The third-order valence-electron chi connectivity index (χ3n) is 6.05. The molecule has 2 fully saturated rings. The maximum atomic E-state index is 13.1. The van der Waals surface area contributed by atoms with Crippen LogP contribution in [0, 0.1) is 24.6 Å². The molecule has 2 saturated heterocycles. The summed E-state index contributed by atoms with van der Waals surface area (Å²) < 4.78 is 13.1. The molecular formula is C22H29FN4OS. The minimum Gasteiger partial charge on any atom is -0.371 e. The Bertz CT molecular complexity index is 816. The lowest BCUT2D eigenvalue weighted by Gasteiger charge is -2.31. The topological polar surface area (TPSA) is 48.5 Å². The van der Waals surface area contributed by atoms with Gasteiger partial charge in [0.1, 0.15) is 5.82 Å². The Morgan fingerprint density at radius 2 is 1.97 bits per heavy atom. The van der Waals surface area contributed by atoms with Crippen LogP contribution in [-0.2, 0) is 11.3 Å². The lowest BCUT2D eigenvalue weighted by atomic mass is 9.95. The Balaban J connectivity index is 1.17. The summed E-state index contributed by atoms with van der Waals surface area (Å²) in [6.45, 7) is 7.44. The summed E-state index contributed by atoms with van der Waals surface area (Å²) in [5.74, 6) is 0.578. The second-order valence-electron chi connectivity index (χ2n) is 8.23. The number of aryl methyl sites for hydroxylation is 1. The molecule has 2 aliphatic rings. The first-order valence-electron chi connectivity index (χ1n) is 10.5. The van der Waals surface area contributed by atoms with Crippen LogP contribution in [0.5, 0.6) is 0 Å². The molecule has 1 unspecified atom stereocenters. The molecule has 4 rings (SSSR count). The predicted octanol–water partition coefficient (Wildman–Crippen LogP) is 3.45. The third kappa shape index (κ3) is 5.34. The van der Waals surface area contributed by atoms with Crippen molar-refractivity contribution in [2.24, 2.45) is 11.8 Å². The van der Waals surface area contributed by atoms with E-state index >= 15 is 0 Å². The first kappa shape index (κ1) is 20.3. The second-order valence-corrected chi connectivity index (χ2v) is 9.29. The lowest BCUT2D eigenvalue weighted by Crippen LogP contribution is -2.41. The second kappa shape index (κ2) is 9.22. The van der Waals surface area contributed by atoms with Gasteiger partial charge in [-0.3, -0.25) is 9.69 Å². The van der Waals surface area contributed by atoms with Crippen molar-refractivity contribution in [1.82, 2.24) is 15.2 Å². The summed E-state index contributed by atoms with van der Waals surface area (Å²) >= 11 is 1.69. The van der Waals surface area contributed by atoms with Crippen molar-refractivity contribution < 1.29 is 9.18 Å². The van der Waals surface area contributed by atoms with Crippen LogP contribution in [0.2, 0.25) is 0 Å². The number of piperidine rings is 1. The van der Waals surface area contributed by atoms with E-state index in [4.69, 9.17) is 0 Å². The molecule has 1 amide bonds. The van der Waals surface area contributed by atoms with Crippen LogP contribution in [0.15, 0.2) is 29.6 Å². The molecule has 7 heteroatoms. The molecule has 2 aromatic rings. The standard InChI is InChI=1S/C22H29FN4OS/c1-16-25-20(15-29-16)14-26-9-7-18(8-10-26)22(28)24-12-17-6-11-27(13-17)21-4-2-19(23)3-5-21/h2-5,15,17-18H,6-14H2,1H3,(H,24,28). The van der Waals surface area contributed by atoms with Gasteiger partial charge in [0.25, 0.3) is 0 Å². The van der Waals surface area contributed by atoms with Crippen LogP contribution in [0.25, 0.3) is 0 Å². The van der Waals surface area contributed by atoms with Crippen molar-refractivity contribution in [3.63, 3.8) is 0 Å². The smallest absolute Gasteiger partial charge is 0.223 e. The number of nitrogens with one attached hydrogen (secondary N) is 1. The van der Waals surface area contributed by atoms with Crippen molar-refractivity contribution in [2.75, 3.05) is 37.6 Å². The van der Waals surface area contributed by atoms with Gasteiger partial charge in [-0.2, -0.15) is 0 Å². The maximum Gasteiger partial charge on any atom is 0.223 e. The fourth-order valence-corrected chi connectivity index (χ4v) is 4.94. The number of nitrogens with zero attached hydrogens (tertiary/aromatic N) is 3. The van der Waals surface area contributed by atoms with Gasteiger partial charge < -0.3 is 10.2 Å². The van der Waals surface area contributed by atoms with Gasteiger partial charge in [-0.25, -0.2) is 9.37 Å². The minimum absolute atomic E-state index is 0.123. The van der Waals surface area contributed by atoms with E-state index in [0.717, 1.165) is 74.9 Å². The molecule has 0 aliphatic carbocycles. The van der Waals surface area contributed by atoms with Gasteiger partial charge in [-0.05, 0) is 69.5 Å². The van der Waals surface area contributed by atoms with Crippen molar-refractivity contribution in [3.05, 3.63) is 46.2 Å². The monoisotopic (exact) mass is 416 g/mol. The summed E-state index contributed by atoms with van der Waals surface area (Å²) in [6.07, 6.45) is 2.89. The summed E-state index contributed by atoms with van der Waals surface area (Å²) in [4.78, 5) is 21.8. The maximum absolute atomic E-state index is 13.1. The summed E-state index contributed by atoms with van der Waals surface area (Å²) in [5, 5.41) is 6.43. The van der Waals surface area contributed by atoms with Crippen LogP contribution in [-0.4, -0.2) is 48.5 Å². The van der Waals surface area contributed by atoms with Crippen LogP contribution >= 0.6 is 11.3 Å². The number of hydrogen-bond acceptors (Lipinski definition) is 5. The zero-order valence-electron chi connectivity index (χ0n) is 16.9. The molecule has 0 spiro atoms. The number of rotatable bonds is 6. The van der Waals surface area contributed by atoms with Gasteiger partial charge in [0, 0.05) is 43.2 Å². The quantitative estimate of drug-likeness (QED) is 0.784. The average molecular weight is 417 g/mol. The number of anilines is 1. The molecule has 1 aromatic heterocycles. The van der Waals surface area contributed by atoms with Crippen LogP contribution in [0.3, 0.4) is 0 Å². The number of amides is 1. The molecule has 0 radical (unpaired) electrons. The molecule has 1 atom stereocenters. The SMILES string of the molecule is Cc1nc(CN2CCC(C(=O)NCC3CCN(c4ccc(F)cc4)C3)CC2)cs1. The normalized spacial score (nSPS) is 20.9. The first-order valence-corrected chi connectivity index (χ1v) is 11.4. The highest BCUT2D eigenvalue weighted by molar-refractivity contribution is 7.09. The molecule has 29 heavy (non-hydrogen) atoms. The number of thiazole rings is 1. The Morgan fingerprint density at radius 3 is 2.66 bits per heavy atom. The fourth-order valence-electron chi connectivity index (χ4n) is 4.34. The number of hydrogen-bond donors (Lipinski definition) is 1. The number of likely N-dealkylation sites (tertiary alicyclic amines) is 1. The van der Waals surface area contributed by atoms with E-state index in [1.54, 1.807) is 11.3 Å². The fraction of sp³-hybridized carbons (Fsp3) is 0.545. The Hall–Kier alpha value is -1.99.